The summed E-state index contributed by atoms with van der Waals surface area (Å²) in [6, 6.07) is 7.52. The van der Waals surface area contributed by atoms with E-state index in [1.165, 1.54) is 12.7 Å². The second-order valence-corrected chi connectivity index (χ2v) is 7.45. The van der Waals surface area contributed by atoms with Crippen molar-refractivity contribution in [2.75, 3.05) is 13.7 Å². The number of aryl methyl sites for hydroxylation is 1. The molecule has 1 aliphatic rings. The highest BCUT2D eigenvalue weighted by Crippen LogP contribution is 2.24. The Morgan fingerprint density at radius 1 is 1.27 bits per heavy atom. The molecule has 7 heteroatoms. The van der Waals surface area contributed by atoms with Gasteiger partial charge in [-0.2, -0.15) is 5.06 Å². The maximum absolute atomic E-state index is 12.1. The fourth-order valence-electron chi connectivity index (χ4n) is 2.68. The van der Waals surface area contributed by atoms with Gasteiger partial charge in [0.25, 0.3) is 0 Å². The summed E-state index contributed by atoms with van der Waals surface area (Å²) in [5.41, 5.74) is 1.64. The Balaban J connectivity index is 1.95. The van der Waals surface area contributed by atoms with Crippen molar-refractivity contribution in [1.29, 1.82) is 0 Å². The molecule has 0 radical (unpaired) electrons. The van der Waals surface area contributed by atoms with Gasteiger partial charge in [0.1, 0.15) is 11.6 Å². The molecule has 7 nitrogen and oxygen atoms in total. The van der Waals surface area contributed by atoms with Crippen molar-refractivity contribution < 1.29 is 23.9 Å². The van der Waals surface area contributed by atoms with Crippen molar-refractivity contribution in [2.45, 2.75) is 58.4 Å². The number of ether oxygens (including phenoxy) is 2. The van der Waals surface area contributed by atoms with Crippen molar-refractivity contribution >= 4 is 12.1 Å². The molecule has 2 rings (SSSR count). The van der Waals surface area contributed by atoms with Crippen LogP contribution < -0.4 is 5.32 Å². The highest BCUT2D eigenvalue weighted by atomic mass is 16.7. The molecule has 2 unspecified atom stereocenters. The van der Waals surface area contributed by atoms with Crippen molar-refractivity contribution in [1.82, 2.24) is 10.4 Å². The molecule has 1 aliphatic heterocycles. The molecule has 0 saturated carbocycles. The average molecular weight is 364 g/mol. The number of nitrogens with one attached hydrogen (secondary N) is 1. The Morgan fingerprint density at radius 2 is 1.92 bits per heavy atom. The van der Waals surface area contributed by atoms with E-state index in [4.69, 9.17) is 14.3 Å². The third-order valence-electron chi connectivity index (χ3n) is 3.92. The summed E-state index contributed by atoms with van der Waals surface area (Å²) in [6.45, 7) is 8.14. The van der Waals surface area contributed by atoms with Gasteiger partial charge in [0.05, 0.1) is 19.8 Å². The fraction of sp³-hybridized carbons (Fsp3) is 0.579. The number of hydrogen-bond donors (Lipinski definition) is 1. The highest BCUT2D eigenvalue weighted by molar-refractivity contribution is 5.75. The van der Waals surface area contributed by atoms with Crippen LogP contribution in [0.4, 0.5) is 4.79 Å². The Bertz CT molecular complexity index is 624. The van der Waals surface area contributed by atoms with Gasteiger partial charge in [-0.1, -0.05) is 29.8 Å². The SMILES string of the molecule is COC(=O)C1CC(CNC(=O)OC(C)(C)C)ON1Cc1ccc(C)cc1. The van der Waals surface area contributed by atoms with Crippen LogP contribution in [0.3, 0.4) is 0 Å². The number of esters is 1. The minimum atomic E-state index is -0.563. The molecule has 1 heterocycles. The fourth-order valence-corrected chi connectivity index (χ4v) is 2.68. The van der Waals surface area contributed by atoms with E-state index in [1.807, 2.05) is 31.2 Å². The largest absolute Gasteiger partial charge is 0.468 e. The van der Waals surface area contributed by atoms with Crippen LogP contribution in [0.5, 0.6) is 0 Å². The van der Waals surface area contributed by atoms with E-state index in [1.54, 1.807) is 25.8 Å². The van der Waals surface area contributed by atoms with Crippen molar-refractivity contribution in [2.24, 2.45) is 0 Å². The molecule has 0 aromatic heterocycles. The lowest BCUT2D eigenvalue weighted by molar-refractivity contribution is -0.184. The molecule has 1 saturated heterocycles. The number of methoxy groups -OCH3 is 1. The van der Waals surface area contributed by atoms with Gasteiger partial charge in [0.2, 0.25) is 0 Å². The second-order valence-electron chi connectivity index (χ2n) is 7.45. The first-order chi connectivity index (χ1) is 12.2. The van der Waals surface area contributed by atoms with Gasteiger partial charge in [-0.05, 0) is 33.3 Å². The third kappa shape index (κ3) is 6.00. The molecule has 1 aromatic rings. The second kappa shape index (κ2) is 8.51. The zero-order valence-electron chi connectivity index (χ0n) is 16.1. The van der Waals surface area contributed by atoms with Gasteiger partial charge in [-0.25, -0.2) is 4.79 Å². The first-order valence-electron chi connectivity index (χ1n) is 8.71. The molecule has 1 fully saturated rings. The standard InChI is InChI=1S/C19H28N2O5/c1-13-6-8-14(9-7-13)12-21-16(17(22)24-5)10-15(26-21)11-20-18(23)25-19(2,3)4/h6-9,15-16H,10-12H2,1-5H3,(H,20,23). The summed E-state index contributed by atoms with van der Waals surface area (Å²) in [6.07, 6.45) is -0.390. The van der Waals surface area contributed by atoms with Gasteiger partial charge in [0.15, 0.2) is 0 Å². The van der Waals surface area contributed by atoms with Crippen LogP contribution in [-0.2, 0) is 25.7 Å². The van der Waals surface area contributed by atoms with Crippen molar-refractivity contribution in [3.05, 3.63) is 35.4 Å². The van der Waals surface area contributed by atoms with Crippen molar-refractivity contribution in [3.63, 3.8) is 0 Å². The molecule has 0 spiro atoms. The van der Waals surface area contributed by atoms with Crippen molar-refractivity contribution in [3.8, 4) is 0 Å². The quantitative estimate of drug-likeness (QED) is 0.809. The summed E-state index contributed by atoms with van der Waals surface area (Å²) < 4.78 is 10.1. The van der Waals surface area contributed by atoms with E-state index in [0.717, 1.165) is 5.56 Å². The first-order valence-corrected chi connectivity index (χ1v) is 8.71. The summed E-state index contributed by atoms with van der Waals surface area (Å²) in [4.78, 5) is 29.8. The molecule has 1 amide bonds. The molecule has 1 N–H and O–H groups in total. The molecule has 0 aliphatic carbocycles. The minimum Gasteiger partial charge on any atom is -0.468 e. The topological polar surface area (TPSA) is 77.1 Å². The van der Waals surface area contributed by atoms with Gasteiger partial charge < -0.3 is 14.8 Å². The van der Waals surface area contributed by atoms with Gasteiger partial charge in [-0.3, -0.25) is 9.63 Å². The van der Waals surface area contributed by atoms with E-state index >= 15 is 0 Å². The number of nitrogens with zero attached hydrogens (tertiary/aromatic N) is 1. The van der Waals surface area contributed by atoms with E-state index in [2.05, 4.69) is 5.32 Å². The molecule has 26 heavy (non-hydrogen) atoms. The lowest BCUT2D eigenvalue weighted by Gasteiger charge is -2.22. The van der Waals surface area contributed by atoms with Crippen LogP contribution in [0.15, 0.2) is 24.3 Å². The molecule has 0 bridgehead atoms. The lowest BCUT2D eigenvalue weighted by atomic mass is 10.1. The Labute approximate surface area is 154 Å². The summed E-state index contributed by atoms with van der Waals surface area (Å²) in [5, 5.41) is 4.31. The van der Waals surface area contributed by atoms with Crippen LogP contribution in [0.25, 0.3) is 0 Å². The number of alkyl carbamates (subject to hydrolysis) is 1. The smallest absolute Gasteiger partial charge is 0.407 e. The first kappa shape index (κ1) is 20.2. The Kier molecular flexibility index (Phi) is 6.61. The number of carbonyl (C=O) groups is 2. The third-order valence-corrected chi connectivity index (χ3v) is 3.92. The normalized spacial score (nSPS) is 20.7. The Morgan fingerprint density at radius 3 is 2.50 bits per heavy atom. The number of rotatable bonds is 5. The summed E-state index contributed by atoms with van der Waals surface area (Å²) in [5.74, 6) is -0.350. The number of amides is 1. The van der Waals surface area contributed by atoms with E-state index < -0.39 is 17.7 Å². The van der Waals surface area contributed by atoms with Gasteiger partial charge in [0, 0.05) is 13.0 Å². The van der Waals surface area contributed by atoms with Gasteiger partial charge in [-0.15, -0.1) is 0 Å². The zero-order chi connectivity index (χ0) is 19.3. The molecular formula is C19H28N2O5. The highest BCUT2D eigenvalue weighted by Gasteiger charge is 2.39. The predicted octanol–water partition coefficient (Wildman–Crippen LogP) is 2.57. The maximum Gasteiger partial charge on any atom is 0.407 e. The molecule has 2 atom stereocenters. The maximum atomic E-state index is 12.1. The number of benzene rings is 1. The summed E-state index contributed by atoms with van der Waals surface area (Å²) >= 11 is 0. The van der Waals surface area contributed by atoms with Gasteiger partial charge >= 0.3 is 12.1 Å². The van der Waals surface area contributed by atoms with Crippen LogP contribution >= 0.6 is 0 Å². The zero-order valence-corrected chi connectivity index (χ0v) is 16.1. The molecule has 1 aromatic carbocycles. The Hall–Kier alpha value is -2.12. The van der Waals surface area contributed by atoms with Crippen LogP contribution in [-0.4, -0.2) is 48.5 Å². The van der Waals surface area contributed by atoms with E-state index in [9.17, 15) is 9.59 Å². The van der Waals surface area contributed by atoms with Crippen LogP contribution in [0, 0.1) is 6.92 Å². The van der Waals surface area contributed by atoms with E-state index in [-0.39, 0.29) is 18.6 Å². The number of hydrogen-bond acceptors (Lipinski definition) is 6. The minimum absolute atomic E-state index is 0.257. The molecule has 144 valence electrons. The number of carbonyl (C=O) groups excluding carboxylic acids is 2. The average Bonchev–Trinajstić information content (AvgIpc) is 2.96. The van der Waals surface area contributed by atoms with E-state index in [0.29, 0.717) is 13.0 Å². The molecular weight excluding hydrogens is 336 g/mol. The summed E-state index contributed by atoms with van der Waals surface area (Å²) in [7, 11) is 1.36. The van der Waals surface area contributed by atoms with Crippen LogP contribution in [0.2, 0.25) is 0 Å². The number of hydroxylamine groups is 2. The predicted molar refractivity (Wildman–Crippen MR) is 96.3 cm³/mol. The van der Waals surface area contributed by atoms with Crippen LogP contribution in [0.1, 0.15) is 38.3 Å². The monoisotopic (exact) mass is 364 g/mol. The lowest BCUT2D eigenvalue weighted by Crippen LogP contribution is -2.37.